The lowest BCUT2D eigenvalue weighted by Crippen LogP contribution is -2.11. The van der Waals surface area contributed by atoms with E-state index in [0.29, 0.717) is 35.2 Å². The summed E-state index contributed by atoms with van der Waals surface area (Å²) < 4.78 is 83.3. The summed E-state index contributed by atoms with van der Waals surface area (Å²) in [5, 5.41) is 18.8. The molecule has 0 unspecified atom stereocenters. The van der Waals surface area contributed by atoms with E-state index in [-0.39, 0.29) is 12.3 Å². The molecule has 5 nitrogen and oxygen atoms in total. The van der Waals surface area contributed by atoms with Gasteiger partial charge in [0.25, 0.3) is 0 Å². The van der Waals surface area contributed by atoms with Gasteiger partial charge in [0.15, 0.2) is 5.69 Å². The Labute approximate surface area is 171 Å². The number of nitriles is 1. The highest BCUT2D eigenvalue weighted by Gasteiger charge is 2.36. The number of rotatable bonds is 5. The van der Waals surface area contributed by atoms with Crippen LogP contribution in [0.1, 0.15) is 22.4 Å². The third kappa shape index (κ3) is 5.22. The summed E-state index contributed by atoms with van der Waals surface area (Å²) >= 11 is 0. The van der Waals surface area contributed by atoms with Gasteiger partial charge in [0, 0.05) is 5.56 Å². The molecule has 31 heavy (non-hydrogen) atoms. The highest BCUT2D eigenvalue weighted by Crippen LogP contribution is 2.37. The van der Waals surface area contributed by atoms with Gasteiger partial charge < -0.3 is 4.74 Å². The van der Waals surface area contributed by atoms with Crippen LogP contribution < -0.4 is 4.74 Å². The topological polar surface area (TPSA) is 74.6 Å². The molecular formula is C20H12F6N4O. The summed E-state index contributed by atoms with van der Waals surface area (Å²) in [6.07, 6.45) is -7.48. The summed E-state index contributed by atoms with van der Waals surface area (Å²) in [5.41, 5.74) is -2.04. The van der Waals surface area contributed by atoms with Gasteiger partial charge in [0.1, 0.15) is 24.1 Å². The second-order valence-electron chi connectivity index (χ2n) is 6.19. The Morgan fingerprint density at radius 2 is 1.81 bits per heavy atom. The maximum Gasteiger partial charge on any atom is 0.416 e. The smallest absolute Gasteiger partial charge is 0.416 e. The van der Waals surface area contributed by atoms with Gasteiger partial charge in [-0.05, 0) is 42.0 Å². The van der Waals surface area contributed by atoms with Crippen molar-refractivity contribution in [2.75, 3.05) is 6.61 Å². The van der Waals surface area contributed by atoms with Gasteiger partial charge in [0.2, 0.25) is 0 Å². The van der Waals surface area contributed by atoms with Crippen LogP contribution in [0.5, 0.6) is 5.75 Å². The predicted octanol–water partition coefficient (Wildman–Crippen LogP) is 5.47. The number of benzene rings is 2. The van der Waals surface area contributed by atoms with Crippen LogP contribution in [0.3, 0.4) is 0 Å². The molecule has 0 atom stereocenters. The molecule has 0 amide bonds. The van der Waals surface area contributed by atoms with Gasteiger partial charge in [-0.25, -0.2) is 5.10 Å². The lowest BCUT2D eigenvalue weighted by atomic mass is 10.0. The lowest BCUT2D eigenvalue weighted by molar-refractivity contribution is -0.141. The Morgan fingerprint density at radius 3 is 2.48 bits per heavy atom. The second-order valence-corrected chi connectivity index (χ2v) is 6.19. The molecule has 1 N–H and O–H groups in total. The van der Waals surface area contributed by atoms with Crippen LogP contribution >= 0.6 is 0 Å². The maximum absolute atomic E-state index is 13.1. The van der Waals surface area contributed by atoms with E-state index in [9.17, 15) is 26.3 Å². The monoisotopic (exact) mass is 438 g/mol. The van der Waals surface area contributed by atoms with Crippen molar-refractivity contribution >= 4 is 6.08 Å². The molecule has 0 radical (unpaired) electrons. The fourth-order valence-electron chi connectivity index (χ4n) is 2.70. The second kappa shape index (κ2) is 8.51. The summed E-state index contributed by atoms with van der Waals surface area (Å²) in [5.74, 6) is 0.314. The molecule has 0 spiro atoms. The molecule has 11 heteroatoms. The molecule has 0 bridgehead atoms. The number of halogens is 6. The van der Waals surface area contributed by atoms with E-state index in [1.165, 1.54) is 12.1 Å². The molecule has 2 aromatic carbocycles. The van der Waals surface area contributed by atoms with Crippen molar-refractivity contribution in [1.29, 1.82) is 5.26 Å². The van der Waals surface area contributed by atoms with Crippen LogP contribution in [0.15, 0.2) is 48.5 Å². The number of ether oxygens (including phenoxy) is 1. The number of nitrogens with one attached hydrogen (secondary N) is 1. The first-order valence-electron chi connectivity index (χ1n) is 8.59. The third-order valence-electron chi connectivity index (χ3n) is 4.10. The third-order valence-corrected chi connectivity index (χ3v) is 4.10. The molecule has 160 valence electrons. The minimum absolute atomic E-state index is 0.140. The Hall–Kier alpha value is -3.81. The maximum atomic E-state index is 13.1. The molecule has 0 saturated heterocycles. The summed E-state index contributed by atoms with van der Waals surface area (Å²) in [6, 6.07) is 9.49. The molecule has 3 aromatic rings. The summed E-state index contributed by atoms with van der Waals surface area (Å²) in [7, 11) is 0. The average molecular weight is 438 g/mol. The first-order valence-corrected chi connectivity index (χ1v) is 8.59. The van der Waals surface area contributed by atoms with E-state index in [1.54, 1.807) is 18.2 Å². The number of aromatic nitrogens is 3. The number of hydrogen-bond donors (Lipinski definition) is 1. The van der Waals surface area contributed by atoms with E-state index in [1.807, 2.05) is 6.07 Å². The number of hydrogen-bond acceptors (Lipinski definition) is 4. The zero-order valence-electron chi connectivity index (χ0n) is 15.4. The molecule has 3 rings (SSSR count). The van der Waals surface area contributed by atoms with Crippen molar-refractivity contribution in [2.45, 2.75) is 12.4 Å². The number of H-pyrrole nitrogens is 1. The molecule has 0 aliphatic carbocycles. The van der Waals surface area contributed by atoms with Gasteiger partial charge in [-0.1, -0.05) is 23.4 Å². The van der Waals surface area contributed by atoms with Crippen LogP contribution in [0.4, 0.5) is 26.3 Å². The molecule has 1 heterocycles. The molecule has 0 fully saturated rings. The predicted molar refractivity (Wildman–Crippen MR) is 97.5 cm³/mol. The van der Waals surface area contributed by atoms with Crippen LogP contribution in [0.25, 0.3) is 17.3 Å². The van der Waals surface area contributed by atoms with E-state index in [0.717, 1.165) is 6.08 Å². The van der Waals surface area contributed by atoms with Crippen molar-refractivity contribution in [3.8, 4) is 23.1 Å². The van der Waals surface area contributed by atoms with E-state index in [4.69, 9.17) is 10.00 Å². The van der Waals surface area contributed by atoms with Crippen LogP contribution in [-0.2, 0) is 12.4 Å². The molecule has 0 aliphatic rings. The molecule has 0 aliphatic heterocycles. The molecular weight excluding hydrogens is 426 g/mol. The van der Waals surface area contributed by atoms with Crippen LogP contribution in [0, 0.1) is 11.3 Å². The Bertz CT molecular complexity index is 1140. The SMILES string of the molecule is N#Cc1[nH]nnc1-c1cccc(OC/C=C/c2cc(C(F)(F)F)ccc2C(F)(F)F)c1. The van der Waals surface area contributed by atoms with E-state index in [2.05, 4.69) is 15.4 Å². The van der Waals surface area contributed by atoms with Gasteiger partial charge >= 0.3 is 12.4 Å². The first-order chi connectivity index (χ1) is 14.6. The summed E-state index contributed by atoms with van der Waals surface area (Å²) in [6.45, 7) is -0.207. The Kier molecular flexibility index (Phi) is 6.01. The fourth-order valence-corrected chi connectivity index (χ4v) is 2.70. The van der Waals surface area contributed by atoms with Crippen LogP contribution in [-0.4, -0.2) is 22.0 Å². The molecule has 0 saturated carbocycles. The Balaban J connectivity index is 1.77. The Morgan fingerprint density at radius 1 is 1.03 bits per heavy atom. The van der Waals surface area contributed by atoms with Crippen LogP contribution in [0.2, 0.25) is 0 Å². The van der Waals surface area contributed by atoms with Gasteiger partial charge in [-0.15, -0.1) is 5.10 Å². The largest absolute Gasteiger partial charge is 0.490 e. The van der Waals surface area contributed by atoms with Crippen molar-refractivity contribution in [3.63, 3.8) is 0 Å². The van der Waals surface area contributed by atoms with Crippen molar-refractivity contribution in [3.05, 3.63) is 70.9 Å². The van der Waals surface area contributed by atoms with E-state index >= 15 is 0 Å². The zero-order valence-corrected chi connectivity index (χ0v) is 15.4. The minimum atomic E-state index is -4.81. The summed E-state index contributed by atoms with van der Waals surface area (Å²) in [4.78, 5) is 0. The van der Waals surface area contributed by atoms with Gasteiger partial charge in [-0.2, -0.15) is 31.6 Å². The van der Waals surface area contributed by atoms with Crippen molar-refractivity contribution < 1.29 is 31.1 Å². The van der Waals surface area contributed by atoms with Gasteiger partial charge in [-0.3, -0.25) is 0 Å². The normalized spacial score (nSPS) is 12.2. The lowest BCUT2D eigenvalue weighted by Gasteiger charge is -2.13. The first kappa shape index (κ1) is 21.9. The average Bonchev–Trinajstić information content (AvgIpc) is 3.19. The highest BCUT2D eigenvalue weighted by atomic mass is 19.4. The number of nitrogens with zero attached hydrogens (tertiary/aromatic N) is 3. The fraction of sp³-hybridized carbons (Fsp3) is 0.150. The zero-order chi connectivity index (χ0) is 22.6. The van der Waals surface area contributed by atoms with Gasteiger partial charge in [0.05, 0.1) is 11.1 Å². The minimum Gasteiger partial charge on any atom is -0.490 e. The standard InChI is InChI=1S/C20H12F6N4O/c21-19(22,23)14-6-7-16(20(24,25)26)12(9-14)4-2-8-31-15-5-1-3-13(10-15)18-17(11-27)28-30-29-18/h1-7,9-10H,8H2,(H,28,29,30)/b4-2+. The van der Waals surface area contributed by atoms with Crippen molar-refractivity contribution in [2.24, 2.45) is 0 Å². The number of aromatic amines is 1. The number of alkyl halides is 6. The van der Waals surface area contributed by atoms with Crippen molar-refractivity contribution in [1.82, 2.24) is 15.4 Å². The molecule has 1 aromatic heterocycles. The highest BCUT2D eigenvalue weighted by molar-refractivity contribution is 5.65. The quantitative estimate of drug-likeness (QED) is 0.536. The van der Waals surface area contributed by atoms with E-state index < -0.39 is 29.0 Å².